The van der Waals surface area contributed by atoms with Gasteiger partial charge in [0, 0.05) is 0 Å². The van der Waals surface area contributed by atoms with Gasteiger partial charge in [-0.15, -0.1) is 0 Å². The van der Waals surface area contributed by atoms with E-state index in [0.717, 1.165) is 6.61 Å². The van der Waals surface area contributed by atoms with Crippen molar-refractivity contribution in [2.24, 2.45) is 0 Å². The molecule has 0 amide bonds. The first-order valence-corrected chi connectivity index (χ1v) is 7.68. The number of unbranched alkanes of at least 4 members (excludes halogenated alkanes) is 9. The second-order valence-electron chi connectivity index (χ2n) is 4.86. The summed E-state index contributed by atoms with van der Waals surface area (Å²) in [5.74, 6) is 0. The molecule has 0 bridgehead atoms. The van der Waals surface area contributed by atoms with Gasteiger partial charge in [0.15, 0.2) is 0 Å². The van der Waals surface area contributed by atoms with Gasteiger partial charge in [0.2, 0.25) is 0 Å². The normalized spacial score (nSPS) is 11.2. The van der Waals surface area contributed by atoms with Crippen LogP contribution in [0.2, 0.25) is 0 Å². The Morgan fingerprint density at radius 1 is 0.706 bits per heavy atom. The van der Waals surface area contributed by atoms with Crippen LogP contribution in [0, 0.1) is 0 Å². The molecule has 102 valence electrons. The number of rotatable bonds is 13. The maximum absolute atomic E-state index is 5.37. The molecule has 17 heavy (non-hydrogen) atoms. The zero-order chi connectivity index (χ0) is 12.6. The van der Waals surface area contributed by atoms with Crippen molar-refractivity contribution < 1.29 is 4.74 Å². The molecule has 0 fully saturated rings. The number of hydrogen-bond acceptors (Lipinski definition) is 1. The van der Waals surface area contributed by atoms with Gasteiger partial charge in [-0.1, -0.05) is 65.2 Å². The molecule has 0 radical (unpaired) electrons. The Balaban J connectivity index is 2.97. The molecule has 0 aromatic heterocycles. The van der Waals surface area contributed by atoms with E-state index < -0.39 is 0 Å². The molecule has 0 spiro atoms. The third kappa shape index (κ3) is 15.5. The van der Waals surface area contributed by atoms with Gasteiger partial charge in [-0.2, -0.15) is 0 Å². The molecule has 0 saturated carbocycles. The van der Waals surface area contributed by atoms with E-state index in [4.69, 9.17) is 4.74 Å². The van der Waals surface area contributed by atoms with Crippen LogP contribution >= 0.6 is 0 Å². The summed E-state index contributed by atoms with van der Waals surface area (Å²) < 4.78 is 5.37. The minimum atomic E-state index is 0.879. The molecule has 0 atom stereocenters. The smallest absolute Gasteiger partial charge is 0.0873 e. The number of allylic oxidation sites excluding steroid dienone is 1. The molecule has 0 aromatic carbocycles. The minimum absolute atomic E-state index is 0.879. The predicted octanol–water partition coefficient (Wildman–Crippen LogP) is 5.85. The molecule has 0 saturated heterocycles. The van der Waals surface area contributed by atoms with Crippen LogP contribution in [0.15, 0.2) is 12.3 Å². The number of hydrogen-bond donors (Lipinski definition) is 0. The average molecular weight is 240 g/mol. The quantitative estimate of drug-likeness (QED) is 0.290. The molecule has 0 aliphatic heterocycles. The van der Waals surface area contributed by atoms with Crippen LogP contribution in [0.3, 0.4) is 0 Å². The Labute approximate surface area is 109 Å². The molecule has 1 nitrogen and oxygen atoms in total. The van der Waals surface area contributed by atoms with Crippen molar-refractivity contribution in [3.63, 3.8) is 0 Å². The van der Waals surface area contributed by atoms with Crippen molar-refractivity contribution in [1.82, 2.24) is 0 Å². The van der Waals surface area contributed by atoms with E-state index in [0.29, 0.717) is 0 Å². The Hall–Kier alpha value is -0.460. The Bertz CT molecular complexity index is 152. The van der Waals surface area contributed by atoms with Crippen molar-refractivity contribution in [2.75, 3.05) is 6.61 Å². The van der Waals surface area contributed by atoms with Gasteiger partial charge in [-0.05, 0) is 25.3 Å². The molecule has 0 aromatic rings. The summed E-state index contributed by atoms with van der Waals surface area (Å²) in [7, 11) is 0. The van der Waals surface area contributed by atoms with Gasteiger partial charge >= 0.3 is 0 Å². The molecule has 0 unspecified atom stereocenters. The van der Waals surface area contributed by atoms with E-state index in [1.807, 2.05) is 6.26 Å². The summed E-state index contributed by atoms with van der Waals surface area (Å²) in [6, 6.07) is 0. The lowest BCUT2D eigenvalue weighted by Crippen LogP contribution is -1.85. The third-order valence-electron chi connectivity index (χ3n) is 3.03. The molecule has 0 N–H and O–H groups in total. The Kier molecular flexibility index (Phi) is 15.1. The molecular formula is C16H32O. The van der Waals surface area contributed by atoms with Crippen LogP contribution in [-0.4, -0.2) is 6.61 Å². The molecule has 1 heteroatoms. The van der Waals surface area contributed by atoms with Crippen molar-refractivity contribution in [3.05, 3.63) is 12.3 Å². The van der Waals surface area contributed by atoms with Crippen molar-refractivity contribution in [1.29, 1.82) is 0 Å². The fourth-order valence-corrected chi connectivity index (χ4v) is 1.83. The van der Waals surface area contributed by atoms with E-state index in [-0.39, 0.29) is 0 Å². The fraction of sp³-hybridized carbons (Fsp3) is 0.875. The summed E-state index contributed by atoms with van der Waals surface area (Å²) in [5, 5.41) is 0. The zero-order valence-corrected chi connectivity index (χ0v) is 12.0. The van der Waals surface area contributed by atoms with Crippen LogP contribution < -0.4 is 0 Å². The molecule has 0 heterocycles. The SMILES string of the molecule is CCCCCCCCCC/C=C/OCCCC. The standard InChI is InChI=1S/C16H32O/c1-3-5-7-8-9-10-11-12-13-14-16-17-15-6-4-2/h14,16H,3-13,15H2,1-2H3/b16-14+. The molecular weight excluding hydrogens is 208 g/mol. The summed E-state index contributed by atoms with van der Waals surface area (Å²) in [4.78, 5) is 0. The minimum Gasteiger partial charge on any atom is -0.502 e. The van der Waals surface area contributed by atoms with E-state index in [9.17, 15) is 0 Å². The monoisotopic (exact) mass is 240 g/mol. The lowest BCUT2D eigenvalue weighted by Gasteiger charge is -2.00. The van der Waals surface area contributed by atoms with Crippen molar-refractivity contribution in [3.8, 4) is 0 Å². The van der Waals surface area contributed by atoms with Crippen LogP contribution in [0.1, 0.15) is 84.5 Å². The van der Waals surface area contributed by atoms with Crippen molar-refractivity contribution >= 4 is 0 Å². The highest BCUT2D eigenvalue weighted by atomic mass is 16.5. The molecule has 0 aliphatic rings. The predicted molar refractivity (Wildman–Crippen MR) is 77.2 cm³/mol. The first-order chi connectivity index (χ1) is 8.41. The second kappa shape index (κ2) is 15.5. The van der Waals surface area contributed by atoms with Gasteiger partial charge in [0.05, 0.1) is 12.9 Å². The summed E-state index contributed by atoms with van der Waals surface area (Å²) in [5.41, 5.74) is 0. The second-order valence-corrected chi connectivity index (χ2v) is 4.86. The largest absolute Gasteiger partial charge is 0.502 e. The lowest BCUT2D eigenvalue weighted by molar-refractivity contribution is 0.242. The maximum atomic E-state index is 5.37. The summed E-state index contributed by atoms with van der Waals surface area (Å²) >= 11 is 0. The highest BCUT2D eigenvalue weighted by Crippen LogP contribution is 2.09. The van der Waals surface area contributed by atoms with E-state index in [1.165, 1.54) is 70.6 Å². The van der Waals surface area contributed by atoms with Crippen LogP contribution in [0.4, 0.5) is 0 Å². The topological polar surface area (TPSA) is 9.23 Å². The van der Waals surface area contributed by atoms with Gasteiger partial charge in [0.1, 0.15) is 0 Å². The highest BCUT2D eigenvalue weighted by molar-refractivity contribution is 4.73. The summed E-state index contributed by atoms with van der Waals surface area (Å²) in [6.45, 7) is 5.34. The first-order valence-electron chi connectivity index (χ1n) is 7.68. The molecule has 0 aliphatic carbocycles. The Morgan fingerprint density at radius 2 is 1.29 bits per heavy atom. The third-order valence-corrected chi connectivity index (χ3v) is 3.03. The zero-order valence-electron chi connectivity index (χ0n) is 12.0. The van der Waals surface area contributed by atoms with E-state index >= 15 is 0 Å². The van der Waals surface area contributed by atoms with Crippen LogP contribution in [0.25, 0.3) is 0 Å². The number of ether oxygens (including phenoxy) is 1. The maximum Gasteiger partial charge on any atom is 0.0873 e. The van der Waals surface area contributed by atoms with E-state index in [2.05, 4.69) is 19.9 Å². The highest BCUT2D eigenvalue weighted by Gasteiger charge is 1.90. The van der Waals surface area contributed by atoms with Crippen LogP contribution in [-0.2, 0) is 4.74 Å². The lowest BCUT2D eigenvalue weighted by atomic mass is 10.1. The van der Waals surface area contributed by atoms with Crippen LogP contribution in [0.5, 0.6) is 0 Å². The van der Waals surface area contributed by atoms with Gasteiger partial charge < -0.3 is 4.74 Å². The summed E-state index contributed by atoms with van der Waals surface area (Å²) in [6.07, 6.45) is 18.8. The van der Waals surface area contributed by atoms with Gasteiger partial charge in [0.25, 0.3) is 0 Å². The van der Waals surface area contributed by atoms with Gasteiger partial charge in [-0.25, -0.2) is 0 Å². The average Bonchev–Trinajstić information content (AvgIpc) is 2.35. The molecule has 0 rings (SSSR count). The van der Waals surface area contributed by atoms with E-state index in [1.54, 1.807) is 0 Å². The van der Waals surface area contributed by atoms with Crippen molar-refractivity contribution in [2.45, 2.75) is 84.5 Å². The fourth-order valence-electron chi connectivity index (χ4n) is 1.83. The van der Waals surface area contributed by atoms with Gasteiger partial charge in [-0.3, -0.25) is 0 Å². The first kappa shape index (κ1) is 16.5. The Morgan fingerprint density at radius 3 is 1.94 bits per heavy atom.